The van der Waals surface area contributed by atoms with Crippen molar-refractivity contribution in [3.8, 4) is 0 Å². The van der Waals surface area contributed by atoms with E-state index in [0.29, 0.717) is 6.42 Å². The fourth-order valence-corrected chi connectivity index (χ4v) is 2.15. The molecule has 0 heterocycles. The number of carboxylic acids is 1. The van der Waals surface area contributed by atoms with Crippen LogP contribution in [0.1, 0.15) is 26.2 Å². The monoisotopic (exact) mass is 185 g/mol. The van der Waals surface area contributed by atoms with Gasteiger partial charge < -0.3 is 10.8 Å². The molecule has 1 fully saturated rings. The highest BCUT2D eigenvalue weighted by Gasteiger charge is 2.38. The molecule has 0 aromatic rings. The van der Waals surface area contributed by atoms with Gasteiger partial charge in [0.05, 0.1) is 11.8 Å². The van der Waals surface area contributed by atoms with E-state index in [-0.39, 0.29) is 5.92 Å². The largest absolute Gasteiger partial charge is 0.481 e. The minimum Gasteiger partial charge on any atom is -0.481 e. The Hall–Kier alpha value is -1.06. The van der Waals surface area contributed by atoms with Crippen molar-refractivity contribution in [3.05, 3.63) is 0 Å². The van der Waals surface area contributed by atoms with Crippen molar-refractivity contribution in [2.45, 2.75) is 26.2 Å². The first-order valence-electron chi connectivity index (χ1n) is 4.56. The lowest BCUT2D eigenvalue weighted by Crippen LogP contribution is -2.40. The minimum atomic E-state index is -0.893. The lowest BCUT2D eigenvalue weighted by Gasteiger charge is -2.31. The summed E-state index contributed by atoms with van der Waals surface area (Å²) in [7, 11) is 0. The molecule has 0 saturated heterocycles. The average Bonchev–Trinajstić information content (AvgIpc) is 2.02. The van der Waals surface area contributed by atoms with Crippen LogP contribution in [0, 0.1) is 17.8 Å². The maximum Gasteiger partial charge on any atom is 0.307 e. The standard InChI is InChI=1S/C9H15NO3/c1-5-3-2-4-6(8(10)11)7(5)9(12)13/h5-7H,2-4H2,1H3,(H2,10,11)(H,12,13). The van der Waals surface area contributed by atoms with Crippen LogP contribution >= 0.6 is 0 Å². The summed E-state index contributed by atoms with van der Waals surface area (Å²) >= 11 is 0. The average molecular weight is 185 g/mol. The van der Waals surface area contributed by atoms with Crippen LogP contribution in [0.25, 0.3) is 0 Å². The predicted octanol–water partition coefficient (Wildman–Crippen LogP) is 0.609. The third kappa shape index (κ3) is 1.99. The van der Waals surface area contributed by atoms with Crippen LogP contribution in [0.4, 0.5) is 0 Å². The van der Waals surface area contributed by atoms with Gasteiger partial charge in [-0.25, -0.2) is 0 Å². The van der Waals surface area contributed by atoms with Gasteiger partial charge in [0.1, 0.15) is 0 Å². The lowest BCUT2D eigenvalue weighted by atomic mass is 9.72. The quantitative estimate of drug-likeness (QED) is 0.661. The minimum absolute atomic E-state index is 0.0590. The van der Waals surface area contributed by atoms with Crippen molar-refractivity contribution in [2.75, 3.05) is 0 Å². The van der Waals surface area contributed by atoms with Crippen molar-refractivity contribution in [1.29, 1.82) is 0 Å². The Balaban J connectivity index is 2.80. The molecule has 1 aliphatic carbocycles. The van der Waals surface area contributed by atoms with Crippen molar-refractivity contribution in [2.24, 2.45) is 23.5 Å². The highest BCUT2D eigenvalue weighted by Crippen LogP contribution is 2.34. The molecule has 0 aromatic carbocycles. The van der Waals surface area contributed by atoms with E-state index in [1.807, 2.05) is 6.92 Å². The van der Waals surface area contributed by atoms with E-state index < -0.39 is 23.7 Å². The SMILES string of the molecule is CC1CCCC(C(N)=O)C1C(=O)O. The van der Waals surface area contributed by atoms with E-state index in [4.69, 9.17) is 10.8 Å². The first-order valence-corrected chi connectivity index (χ1v) is 4.56. The van der Waals surface area contributed by atoms with E-state index in [9.17, 15) is 9.59 Å². The third-order valence-electron chi connectivity index (χ3n) is 2.87. The molecule has 13 heavy (non-hydrogen) atoms. The molecule has 0 bridgehead atoms. The first-order chi connectivity index (χ1) is 6.04. The number of carbonyl (C=O) groups excluding carboxylic acids is 1. The van der Waals surface area contributed by atoms with Crippen LogP contribution < -0.4 is 5.73 Å². The van der Waals surface area contributed by atoms with Crippen molar-refractivity contribution in [3.63, 3.8) is 0 Å². The summed E-state index contributed by atoms with van der Waals surface area (Å²) in [6.45, 7) is 1.87. The number of carboxylic acid groups (broad SMARTS) is 1. The molecule has 1 rings (SSSR count). The summed E-state index contributed by atoms with van der Waals surface area (Å²) < 4.78 is 0. The number of hydrogen-bond acceptors (Lipinski definition) is 2. The maximum absolute atomic E-state index is 11.0. The highest BCUT2D eigenvalue weighted by molar-refractivity contribution is 5.83. The summed E-state index contributed by atoms with van der Waals surface area (Å²) in [6, 6.07) is 0. The molecular formula is C9H15NO3. The van der Waals surface area contributed by atoms with Crippen molar-refractivity contribution < 1.29 is 14.7 Å². The molecule has 4 heteroatoms. The van der Waals surface area contributed by atoms with E-state index in [0.717, 1.165) is 12.8 Å². The van der Waals surface area contributed by atoms with Crippen LogP contribution in [-0.2, 0) is 9.59 Å². The van der Waals surface area contributed by atoms with Gasteiger partial charge in [0, 0.05) is 0 Å². The molecule has 3 atom stereocenters. The predicted molar refractivity (Wildman–Crippen MR) is 46.8 cm³/mol. The van der Waals surface area contributed by atoms with Crippen LogP contribution in [0.3, 0.4) is 0 Å². The summed E-state index contributed by atoms with van der Waals surface area (Å²) in [6.07, 6.45) is 2.40. The fourth-order valence-electron chi connectivity index (χ4n) is 2.15. The number of aliphatic carboxylic acids is 1. The summed E-state index contributed by atoms with van der Waals surface area (Å²) in [5, 5.41) is 8.92. The molecule has 3 unspecified atom stereocenters. The second-order valence-electron chi connectivity index (χ2n) is 3.78. The Kier molecular flexibility index (Phi) is 2.90. The smallest absolute Gasteiger partial charge is 0.307 e. The highest BCUT2D eigenvalue weighted by atomic mass is 16.4. The normalized spacial score (nSPS) is 34.1. The molecule has 4 nitrogen and oxygen atoms in total. The zero-order chi connectivity index (χ0) is 10.0. The van der Waals surface area contributed by atoms with Crippen LogP contribution in [0.2, 0.25) is 0 Å². The van der Waals surface area contributed by atoms with Gasteiger partial charge in [-0.3, -0.25) is 9.59 Å². The summed E-state index contributed by atoms with van der Waals surface area (Å²) in [5.74, 6) is -2.36. The Morgan fingerprint density at radius 3 is 2.38 bits per heavy atom. The number of hydrogen-bond donors (Lipinski definition) is 2. The molecule has 74 valence electrons. The molecule has 1 aliphatic rings. The zero-order valence-corrected chi connectivity index (χ0v) is 7.69. The number of carbonyl (C=O) groups is 2. The molecular weight excluding hydrogens is 170 g/mol. The van der Waals surface area contributed by atoms with E-state index in [2.05, 4.69) is 0 Å². The van der Waals surface area contributed by atoms with Crippen molar-refractivity contribution in [1.82, 2.24) is 0 Å². The van der Waals surface area contributed by atoms with Crippen LogP contribution in [-0.4, -0.2) is 17.0 Å². The molecule has 3 N–H and O–H groups in total. The van der Waals surface area contributed by atoms with E-state index >= 15 is 0 Å². The second kappa shape index (κ2) is 3.77. The molecule has 0 aromatic heterocycles. The fraction of sp³-hybridized carbons (Fsp3) is 0.778. The Morgan fingerprint density at radius 1 is 1.38 bits per heavy atom. The Bertz CT molecular complexity index is 227. The zero-order valence-electron chi connectivity index (χ0n) is 7.69. The Labute approximate surface area is 77.1 Å². The van der Waals surface area contributed by atoms with Crippen molar-refractivity contribution >= 4 is 11.9 Å². The summed E-state index contributed by atoms with van der Waals surface area (Å²) in [4.78, 5) is 21.8. The molecule has 0 radical (unpaired) electrons. The van der Waals surface area contributed by atoms with Gasteiger partial charge in [0.2, 0.25) is 5.91 Å². The van der Waals surface area contributed by atoms with Gasteiger partial charge in [0.25, 0.3) is 0 Å². The number of primary amides is 1. The van der Waals surface area contributed by atoms with Gasteiger partial charge in [-0.15, -0.1) is 0 Å². The summed E-state index contributed by atoms with van der Waals surface area (Å²) in [5.41, 5.74) is 5.16. The van der Waals surface area contributed by atoms with Gasteiger partial charge in [-0.1, -0.05) is 13.3 Å². The number of amides is 1. The third-order valence-corrected chi connectivity index (χ3v) is 2.87. The number of rotatable bonds is 2. The van der Waals surface area contributed by atoms with Crippen LogP contribution in [0.5, 0.6) is 0 Å². The van der Waals surface area contributed by atoms with Gasteiger partial charge in [-0.05, 0) is 18.8 Å². The molecule has 1 saturated carbocycles. The molecule has 0 aliphatic heterocycles. The topological polar surface area (TPSA) is 80.4 Å². The van der Waals surface area contributed by atoms with E-state index in [1.165, 1.54) is 0 Å². The van der Waals surface area contributed by atoms with Crippen LogP contribution in [0.15, 0.2) is 0 Å². The molecule has 0 spiro atoms. The van der Waals surface area contributed by atoms with Gasteiger partial charge in [0.15, 0.2) is 0 Å². The number of nitrogens with two attached hydrogens (primary N) is 1. The Morgan fingerprint density at radius 2 is 2.00 bits per heavy atom. The maximum atomic E-state index is 11.0. The van der Waals surface area contributed by atoms with Gasteiger partial charge >= 0.3 is 5.97 Å². The second-order valence-corrected chi connectivity index (χ2v) is 3.78. The molecule has 1 amide bonds. The van der Waals surface area contributed by atoms with E-state index in [1.54, 1.807) is 0 Å². The van der Waals surface area contributed by atoms with Gasteiger partial charge in [-0.2, -0.15) is 0 Å². The first kappa shape index (κ1) is 10.0. The lowest BCUT2D eigenvalue weighted by molar-refractivity contribution is -0.150.